The molecule has 0 saturated carbocycles. The Kier molecular flexibility index (Phi) is 11.5. The third-order valence-electron chi connectivity index (χ3n) is 7.45. The number of thiazole rings is 1. The predicted octanol–water partition coefficient (Wildman–Crippen LogP) is -0.0277. The van der Waals surface area contributed by atoms with Crippen LogP contribution in [0.15, 0.2) is 47.2 Å². The quantitative estimate of drug-likeness (QED) is 0.0382. The Labute approximate surface area is 279 Å². The number of carbonyl (C=O) groups is 3. The summed E-state index contributed by atoms with van der Waals surface area (Å²) in [6.07, 6.45) is 2.62. The van der Waals surface area contributed by atoms with Crippen molar-refractivity contribution in [3.63, 3.8) is 0 Å². The molecule has 18 nitrogen and oxygen atoms in total. The Balaban J connectivity index is 1.45. The number of aryl methyl sites for hydroxylation is 1. The second kappa shape index (κ2) is 15.2. The normalized spacial score (nSPS) is 16.8. The van der Waals surface area contributed by atoms with E-state index < -0.39 is 64.4 Å². The monoisotopic (exact) mass is 709 g/mol. The van der Waals surface area contributed by atoms with Gasteiger partial charge in [0.15, 0.2) is 23.2 Å². The van der Waals surface area contributed by atoms with Crippen molar-refractivity contribution in [2.45, 2.75) is 51.4 Å². The Morgan fingerprint density at radius 3 is 2.46 bits per heavy atom. The van der Waals surface area contributed by atoms with Gasteiger partial charge < -0.3 is 31.9 Å². The predicted molar refractivity (Wildman–Crippen MR) is 171 cm³/mol. The second-order valence-electron chi connectivity index (χ2n) is 11.2. The summed E-state index contributed by atoms with van der Waals surface area (Å²) in [6.45, 7) is 4.76. The van der Waals surface area contributed by atoms with E-state index in [0.29, 0.717) is 30.4 Å². The van der Waals surface area contributed by atoms with Crippen molar-refractivity contribution in [3.8, 4) is 16.9 Å². The summed E-state index contributed by atoms with van der Waals surface area (Å²) in [5, 5.41) is 15.5. The number of hydrogen-bond donors (Lipinski definition) is 5. The first-order valence-corrected chi connectivity index (χ1v) is 16.8. The Morgan fingerprint density at radius 1 is 1.19 bits per heavy atom. The van der Waals surface area contributed by atoms with Crippen LogP contribution in [0.1, 0.15) is 32.4 Å². The number of ketones is 1. The molecule has 1 aromatic carbocycles. The van der Waals surface area contributed by atoms with Crippen LogP contribution < -0.4 is 26.6 Å². The lowest BCUT2D eigenvalue weighted by Gasteiger charge is -2.50. The molecule has 1 amide bonds. The minimum Gasteiger partial charge on any atom is -0.489 e. The molecule has 4 rings (SSSR count). The van der Waals surface area contributed by atoms with E-state index in [-0.39, 0.29) is 10.8 Å². The molecule has 0 radical (unpaired) electrons. The number of anilines is 1. The molecule has 0 aliphatic carbocycles. The summed E-state index contributed by atoms with van der Waals surface area (Å²) in [5.41, 5.74) is 17.2. The maximum atomic E-state index is 13.3. The average Bonchev–Trinajstić information content (AvgIpc) is 3.64. The van der Waals surface area contributed by atoms with Crippen LogP contribution >= 0.6 is 11.3 Å². The molecule has 1 fully saturated rings. The van der Waals surface area contributed by atoms with Crippen LogP contribution in [0.5, 0.6) is 5.75 Å². The summed E-state index contributed by atoms with van der Waals surface area (Å²) in [7, 11) is -4.99. The first-order valence-electron chi connectivity index (χ1n) is 14.6. The minimum atomic E-state index is -4.99. The fourth-order valence-corrected chi connectivity index (χ4v) is 5.89. The van der Waals surface area contributed by atoms with E-state index in [4.69, 9.17) is 31.3 Å². The van der Waals surface area contributed by atoms with Gasteiger partial charge in [0.1, 0.15) is 18.1 Å². The second-order valence-corrected chi connectivity index (χ2v) is 13.1. The third-order valence-corrected chi connectivity index (χ3v) is 8.46. The van der Waals surface area contributed by atoms with E-state index in [0.717, 1.165) is 35.4 Å². The maximum absolute atomic E-state index is 13.3. The number of nitrogens with two attached hydrogens (primary N) is 3. The summed E-state index contributed by atoms with van der Waals surface area (Å²) in [5.74, 6) is -3.82. The molecule has 1 aliphatic heterocycles. The average molecular weight is 710 g/mol. The van der Waals surface area contributed by atoms with E-state index in [1.54, 1.807) is 12.1 Å². The largest absolute Gasteiger partial charge is 0.489 e. The zero-order valence-electron chi connectivity index (χ0n) is 26.1. The number of nitrogens with zero attached hydrogens (tertiary/aromatic N) is 5. The summed E-state index contributed by atoms with van der Waals surface area (Å²) >= 11 is 0.985. The van der Waals surface area contributed by atoms with Gasteiger partial charge >= 0.3 is 16.4 Å². The number of ether oxygens (including phenoxy) is 1. The fraction of sp³-hybridized carbons (Fsp3) is 0.429. The molecule has 8 N–H and O–H groups in total. The number of rotatable bonds is 18. The number of carboxylic acid groups (broad SMARTS) is 1. The lowest BCUT2D eigenvalue weighted by molar-refractivity contribution is -0.775. The highest BCUT2D eigenvalue weighted by Crippen LogP contribution is 2.40. The lowest BCUT2D eigenvalue weighted by atomic mass is 9.74. The number of aromatic nitrogens is 3. The number of hydroxylamine groups is 2. The maximum Gasteiger partial charge on any atom is 0.418 e. The van der Waals surface area contributed by atoms with E-state index in [9.17, 15) is 27.9 Å². The number of aliphatic carboxylic acids is 1. The van der Waals surface area contributed by atoms with Gasteiger partial charge in [0.2, 0.25) is 6.20 Å². The van der Waals surface area contributed by atoms with Crippen LogP contribution in [-0.2, 0) is 47.0 Å². The van der Waals surface area contributed by atoms with Crippen LogP contribution in [0.3, 0.4) is 0 Å². The highest BCUT2D eigenvalue weighted by atomic mass is 32.3. The fourth-order valence-electron chi connectivity index (χ4n) is 4.89. The molecule has 260 valence electrons. The zero-order valence-corrected chi connectivity index (χ0v) is 27.7. The van der Waals surface area contributed by atoms with Gasteiger partial charge in [0.25, 0.3) is 12.0 Å². The van der Waals surface area contributed by atoms with Crippen molar-refractivity contribution in [1.82, 2.24) is 14.7 Å². The van der Waals surface area contributed by atoms with E-state index in [1.165, 1.54) is 19.2 Å². The first kappa shape index (κ1) is 36.4. The van der Waals surface area contributed by atoms with Gasteiger partial charge in [-0.05, 0) is 38.1 Å². The van der Waals surface area contributed by atoms with Crippen LogP contribution in [0.2, 0.25) is 0 Å². The SMILES string of the molecule is CC1(C)[C@H](CC(=O)/C(=N\O[C@@H](COc2ccc(-c3cn(CCN)[n+](CCCN)c3)cc2)C(=O)O)c2csc(N)n2)C(=O)N1OS(=O)(=O)O. The van der Waals surface area contributed by atoms with E-state index in [2.05, 4.69) is 14.4 Å². The highest BCUT2D eigenvalue weighted by Gasteiger charge is 2.57. The van der Waals surface area contributed by atoms with Gasteiger partial charge in [0.05, 0.1) is 29.8 Å². The van der Waals surface area contributed by atoms with E-state index in [1.807, 2.05) is 33.9 Å². The number of β-lactam (4-membered cyclic amide) rings is 1. The van der Waals surface area contributed by atoms with E-state index >= 15 is 0 Å². The number of Topliss-reactive ketones (excluding diaryl/α,β-unsaturated/α-hetero) is 1. The van der Waals surface area contributed by atoms with Crippen molar-refractivity contribution in [1.29, 1.82) is 0 Å². The molecule has 3 aromatic rings. The standard InChI is InChI=1S/C28H36N8O10S2/c1-28(2)20(25(38)36(28)46-48(41,42)43)12-22(37)24(21-16-47-27(31)32-21)33-45-23(26(39)40)15-44-19-6-4-17(5-7-19)18-13-34(10-3-8-29)35(14-18)11-9-30/h4-7,13-14,16,20,23H,3,8-12,15,29-30H2,1-2H3,(H3-,31,32,39,40,41,42,43)/p+1/b33-24-/t20-,23+/m1/s1. The summed E-state index contributed by atoms with van der Waals surface area (Å²) in [4.78, 5) is 47.2. The molecule has 1 saturated heterocycles. The van der Waals surface area contributed by atoms with Crippen molar-refractivity contribution >= 4 is 50.2 Å². The number of amides is 1. The summed E-state index contributed by atoms with van der Waals surface area (Å²) < 4.78 is 45.3. The number of carbonyl (C=O) groups excluding carboxylic acids is 2. The molecule has 3 heterocycles. The minimum absolute atomic E-state index is 0.0246. The van der Waals surface area contributed by atoms with Crippen molar-refractivity contribution in [3.05, 3.63) is 47.7 Å². The number of hydrogen-bond acceptors (Lipinski definition) is 14. The van der Waals surface area contributed by atoms with Gasteiger partial charge in [-0.1, -0.05) is 17.3 Å². The molecular weight excluding hydrogens is 672 g/mol. The van der Waals surface area contributed by atoms with Crippen LogP contribution in [-0.4, -0.2) is 87.5 Å². The van der Waals surface area contributed by atoms with Gasteiger partial charge in [-0.15, -0.1) is 20.3 Å². The number of carboxylic acids is 1. The Bertz CT molecular complexity index is 1770. The van der Waals surface area contributed by atoms with Gasteiger partial charge in [0, 0.05) is 24.8 Å². The van der Waals surface area contributed by atoms with Crippen LogP contribution in [0, 0.1) is 5.92 Å². The molecule has 0 bridgehead atoms. The van der Waals surface area contributed by atoms with Crippen molar-refractivity contribution < 1.29 is 51.0 Å². The first-order chi connectivity index (χ1) is 22.6. The smallest absolute Gasteiger partial charge is 0.418 e. The molecule has 2 atom stereocenters. The molecular formula is C28H37N8O10S2+. The zero-order chi connectivity index (χ0) is 35.2. The lowest BCUT2D eigenvalue weighted by Crippen LogP contribution is -2.68. The molecule has 2 aromatic heterocycles. The molecule has 48 heavy (non-hydrogen) atoms. The topological polar surface area (TPSA) is 269 Å². The molecule has 0 spiro atoms. The molecule has 1 aliphatic rings. The van der Waals surface area contributed by atoms with Gasteiger partial charge in [-0.3, -0.25) is 14.1 Å². The molecule has 0 unspecified atom stereocenters. The number of oxime groups is 1. The Hall–Kier alpha value is -4.47. The van der Waals surface area contributed by atoms with Crippen LogP contribution in [0.4, 0.5) is 5.13 Å². The van der Waals surface area contributed by atoms with Gasteiger partial charge in [-0.2, -0.15) is 18.2 Å². The van der Waals surface area contributed by atoms with Crippen molar-refractivity contribution in [2.24, 2.45) is 22.5 Å². The number of benzene rings is 1. The van der Waals surface area contributed by atoms with Crippen LogP contribution in [0.25, 0.3) is 11.1 Å². The number of nitrogen functional groups attached to an aromatic ring is 1. The Morgan fingerprint density at radius 2 is 1.90 bits per heavy atom. The molecule has 20 heteroatoms. The summed E-state index contributed by atoms with van der Waals surface area (Å²) in [6, 6.07) is 6.96. The third kappa shape index (κ3) is 8.70. The highest BCUT2D eigenvalue weighted by molar-refractivity contribution is 7.80. The van der Waals surface area contributed by atoms with Gasteiger partial charge in [-0.25, -0.2) is 9.78 Å². The van der Waals surface area contributed by atoms with Crippen molar-refractivity contribution in [2.75, 3.05) is 25.4 Å².